The summed E-state index contributed by atoms with van der Waals surface area (Å²) < 4.78 is 0. The van der Waals surface area contributed by atoms with Crippen LogP contribution in [0.3, 0.4) is 0 Å². The second kappa shape index (κ2) is 2.85. The van der Waals surface area contributed by atoms with E-state index in [-0.39, 0.29) is 0 Å². The topological polar surface area (TPSA) is 0 Å². The van der Waals surface area contributed by atoms with Gasteiger partial charge in [0, 0.05) is 0 Å². The van der Waals surface area contributed by atoms with Crippen molar-refractivity contribution in [1.82, 2.24) is 0 Å². The van der Waals surface area contributed by atoms with Crippen LogP contribution in [0.1, 0.15) is 0 Å². The van der Waals surface area contributed by atoms with E-state index in [0.717, 1.165) is 5.39 Å². The molecule has 0 N–H and O–H groups in total. The van der Waals surface area contributed by atoms with Crippen LogP contribution in [0, 0.1) is 18.2 Å². The first-order chi connectivity index (χ1) is 6.93. The highest BCUT2D eigenvalue weighted by atomic mass is 14.0. The van der Waals surface area contributed by atoms with Gasteiger partial charge in [-0.05, 0) is 70.1 Å². The molecule has 0 nitrogen and oxygen atoms in total. The van der Waals surface area contributed by atoms with E-state index in [1.165, 1.54) is 16.2 Å². The molecule has 0 fully saturated rings. The van der Waals surface area contributed by atoms with Crippen LogP contribution in [0.5, 0.6) is 0 Å². The SMILES string of the molecule is [c]1c[c]c2cc3c[c]ccc3cc2c1. The number of benzene rings is 3. The van der Waals surface area contributed by atoms with Crippen LogP contribution < -0.4 is 0 Å². The van der Waals surface area contributed by atoms with Crippen molar-refractivity contribution in [2.75, 3.05) is 0 Å². The van der Waals surface area contributed by atoms with Gasteiger partial charge in [-0.2, -0.15) is 0 Å². The number of hydrogen-bond donors (Lipinski definition) is 0. The summed E-state index contributed by atoms with van der Waals surface area (Å²) >= 11 is 0. The Labute approximate surface area is 82.8 Å². The fourth-order valence-electron chi connectivity index (χ4n) is 1.69. The van der Waals surface area contributed by atoms with Gasteiger partial charge in [-0.25, -0.2) is 0 Å². The van der Waals surface area contributed by atoms with Gasteiger partial charge in [0.2, 0.25) is 0 Å². The van der Waals surface area contributed by atoms with Crippen molar-refractivity contribution >= 4 is 21.5 Å². The van der Waals surface area contributed by atoms with Crippen molar-refractivity contribution < 1.29 is 0 Å². The Balaban J connectivity index is 2.52. The molecule has 3 rings (SSSR count). The van der Waals surface area contributed by atoms with E-state index in [4.69, 9.17) is 0 Å². The Bertz CT molecular complexity index is 489. The van der Waals surface area contributed by atoms with Crippen LogP contribution in [0.15, 0.2) is 42.5 Å². The Morgan fingerprint density at radius 3 is 2.79 bits per heavy atom. The van der Waals surface area contributed by atoms with E-state index >= 15 is 0 Å². The van der Waals surface area contributed by atoms with Gasteiger partial charge in [-0.15, -0.1) is 0 Å². The van der Waals surface area contributed by atoms with Crippen LogP contribution in [0.25, 0.3) is 21.5 Å². The third kappa shape index (κ3) is 1.08. The molecule has 0 saturated heterocycles. The molecule has 0 atom stereocenters. The molecule has 0 saturated carbocycles. The zero-order valence-electron chi connectivity index (χ0n) is 7.54. The van der Waals surface area contributed by atoms with Crippen molar-refractivity contribution in [3.05, 3.63) is 60.7 Å². The lowest BCUT2D eigenvalue weighted by atomic mass is 10.0. The van der Waals surface area contributed by atoms with Crippen LogP contribution in [0.4, 0.5) is 0 Å². The molecule has 0 heterocycles. The maximum absolute atomic E-state index is 3.17. The van der Waals surface area contributed by atoms with E-state index in [2.05, 4.69) is 36.4 Å². The van der Waals surface area contributed by atoms with Gasteiger partial charge in [0.05, 0.1) is 0 Å². The average Bonchev–Trinajstić information content (AvgIpc) is 2.26. The molecular formula is C14H7. The predicted octanol–water partition coefficient (Wildman–Crippen LogP) is 3.39. The summed E-state index contributed by atoms with van der Waals surface area (Å²) in [5.74, 6) is 0. The smallest absolute Gasteiger partial charge is 0.00926 e. The van der Waals surface area contributed by atoms with Gasteiger partial charge in [0.1, 0.15) is 0 Å². The number of fused-ring (bicyclic) bond motifs is 2. The van der Waals surface area contributed by atoms with Gasteiger partial charge in [-0.1, -0.05) is 12.1 Å². The van der Waals surface area contributed by atoms with E-state index in [0.29, 0.717) is 0 Å². The summed E-state index contributed by atoms with van der Waals surface area (Å²) in [5, 5.41) is 4.77. The molecule has 0 aliphatic heterocycles. The first-order valence-corrected chi connectivity index (χ1v) is 4.55. The van der Waals surface area contributed by atoms with E-state index in [1.54, 1.807) is 0 Å². The molecule has 0 heteroatoms. The summed E-state index contributed by atoms with van der Waals surface area (Å²) in [6, 6.07) is 23.4. The first-order valence-electron chi connectivity index (χ1n) is 4.55. The van der Waals surface area contributed by atoms with Crippen LogP contribution >= 0.6 is 0 Å². The largest absolute Gasteiger partial charge is 0.0537 e. The predicted molar refractivity (Wildman–Crippen MR) is 58.0 cm³/mol. The minimum absolute atomic E-state index is 1.14. The molecule has 0 aliphatic rings. The van der Waals surface area contributed by atoms with Gasteiger partial charge in [0.15, 0.2) is 0 Å². The molecule has 3 radical (unpaired) electrons. The molecule has 0 spiro atoms. The fourth-order valence-corrected chi connectivity index (χ4v) is 1.69. The third-order valence-electron chi connectivity index (χ3n) is 2.40. The average molecular weight is 175 g/mol. The lowest BCUT2D eigenvalue weighted by molar-refractivity contribution is 1.74. The Morgan fingerprint density at radius 1 is 0.857 bits per heavy atom. The second-order valence-electron chi connectivity index (χ2n) is 3.31. The molecule has 0 aromatic heterocycles. The first kappa shape index (κ1) is 7.57. The zero-order chi connectivity index (χ0) is 9.38. The Hall–Kier alpha value is -1.82. The molecule has 0 bridgehead atoms. The van der Waals surface area contributed by atoms with Crippen molar-refractivity contribution in [1.29, 1.82) is 0 Å². The normalized spacial score (nSPS) is 10.9. The lowest BCUT2D eigenvalue weighted by Crippen LogP contribution is -1.75. The molecule has 63 valence electrons. The summed E-state index contributed by atoms with van der Waals surface area (Å²) in [6.45, 7) is 0. The third-order valence-corrected chi connectivity index (χ3v) is 2.40. The van der Waals surface area contributed by atoms with Crippen LogP contribution in [-0.2, 0) is 0 Å². The summed E-state index contributed by atoms with van der Waals surface area (Å²) in [6.07, 6.45) is 0. The minimum atomic E-state index is 1.14. The standard InChI is InChI=1S/C14H7/c1-2-6-12-10-14-8-4-3-7-13(14)9-11(12)5-1/h1,4-7,9-10H. The highest BCUT2D eigenvalue weighted by Crippen LogP contribution is 2.21. The van der Waals surface area contributed by atoms with Crippen molar-refractivity contribution in [2.24, 2.45) is 0 Å². The van der Waals surface area contributed by atoms with Crippen molar-refractivity contribution in [2.45, 2.75) is 0 Å². The molecule has 0 amide bonds. The number of hydrogen-bond acceptors (Lipinski definition) is 0. The molecule has 0 aliphatic carbocycles. The second-order valence-corrected chi connectivity index (χ2v) is 3.31. The zero-order valence-corrected chi connectivity index (χ0v) is 7.54. The Kier molecular flexibility index (Phi) is 1.54. The summed E-state index contributed by atoms with van der Waals surface area (Å²) in [4.78, 5) is 0. The van der Waals surface area contributed by atoms with Crippen molar-refractivity contribution in [3.8, 4) is 0 Å². The van der Waals surface area contributed by atoms with Gasteiger partial charge in [-0.3, -0.25) is 0 Å². The lowest BCUT2D eigenvalue weighted by Gasteiger charge is -2.00. The van der Waals surface area contributed by atoms with Crippen molar-refractivity contribution in [3.63, 3.8) is 0 Å². The Morgan fingerprint density at radius 2 is 1.79 bits per heavy atom. The fraction of sp³-hybridized carbons (Fsp3) is 0. The van der Waals surface area contributed by atoms with Gasteiger partial charge in [0.25, 0.3) is 0 Å². The van der Waals surface area contributed by atoms with E-state index < -0.39 is 0 Å². The molecule has 0 unspecified atom stereocenters. The molecule has 3 aromatic carbocycles. The van der Waals surface area contributed by atoms with Gasteiger partial charge >= 0.3 is 0 Å². The molecule has 14 heavy (non-hydrogen) atoms. The summed E-state index contributed by atoms with van der Waals surface area (Å²) in [7, 11) is 0. The monoisotopic (exact) mass is 175 g/mol. The molecule has 3 aromatic rings. The maximum atomic E-state index is 3.17. The van der Waals surface area contributed by atoms with Gasteiger partial charge < -0.3 is 0 Å². The number of rotatable bonds is 0. The minimum Gasteiger partial charge on any atom is -0.0537 e. The highest BCUT2D eigenvalue weighted by molar-refractivity contribution is 5.97. The highest BCUT2D eigenvalue weighted by Gasteiger charge is 1.95. The van der Waals surface area contributed by atoms with Crippen LogP contribution in [0.2, 0.25) is 0 Å². The quantitative estimate of drug-likeness (QED) is 0.459. The van der Waals surface area contributed by atoms with E-state index in [1.807, 2.05) is 24.3 Å². The van der Waals surface area contributed by atoms with Crippen LogP contribution in [-0.4, -0.2) is 0 Å². The van der Waals surface area contributed by atoms with E-state index in [9.17, 15) is 0 Å². The maximum Gasteiger partial charge on any atom is -0.00926 e. The summed E-state index contributed by atoms with van der Waals surface area (Å²) in [5.41, 5.74) is 0. The molecular weight excluding hydrogens is 168 g/mol.